The first-order chi connectivity index (χ1) is 8.54. The van der Waals surface area contributed by atoms with Crippen molar-refractivity contribution in [2.24, 2.45) is 0 Å². The molecule has 18 heavy (non-hydrogen) atoms. The number of nitrogens with zero attached hydrogens (tertiary/aromatic N) is 2. The van der Waals surface area contributed by atoms with Gasteiger partial charge in [0.25, 0.3) is 0 Å². The van der Waals surface area contributed by atoms with Crippen molar-refractivity contribution in [1.82, 2.24) is 14.4 Å². The molecule has 2 aromatic heterocycles. The molecule has 0 aliphatic rings. The van der Waals surface area contributed by atoms with Gasteiger partial charge in [0, 0.05) is 16.4 Å². The van der Waals surface area contributed by atoms with Crippen LogP contribution in [0, 0.1) is 6.92 Å². The predicted octanol–water partition coefficient (Wildman–Crippen LogP) is 2.51. The molecular formula is C12H10BrN3O2. The summed E-state index contributed by atoms with van der Waals surface area (Å²) in [6.07, 6.45) is 1.75. The number of aromatic amines is 1. The van der Waals surface area contributed by atoms with Crippen LogP contribution in [0.15, 0.2) is 22.8 Å². The Morgan fingerprint density at radius 2 is 2.33 bits per heavy atom. The Kier molecular flexibility index (Phi) is 2.41. The van der Waals surface area contributed by atoms with Gasteiger partial charge in [-0.2, -0.15) is 0 Å². The van der Waals surface area contributed by atoms with E-state index in [4.69, 9.17) is 5.11 Å². The van der Waals surface area contributed by atoms with Crippen LogP contribution in [0.3, 0.4) is 0 Å². The molecule has 5 nitrogen and oxygen atoms in total. The van der Waals surface area contributed by atoms with Gasteiger partial charge in [-0.15, -0.1) is 0 Å². The number of hydrogen-bond donors (Lipinski definition) is 2. The van der Waals surface area contributed by atoms with E-state index in [1.807, 2.05) is 23.5 Å². The number of aromatic nitrogens is 3. The second-order valence-electron chi connectivity index (χ2n) is 4.27. The smallest absolute Gasteiger partial charge is 0.309 e. The molecule has 0 fully saturated rings. The zero-order valence-corrected chi connectivity index (χ0v) is 11.2. The molecule has 1 aromatic carbocycles. The molecule has 2 heterocycles. The van der Waals surface area contributed by atoms with Gasteiger partial charge in [0.15, 0.2) is 0 Å². The van der Waals surface area contributed by atoms with Crippen LogP contribution in [0.25, 0.3) is 16.8 Å². The predicted molar refractivity (Wildman–Crippen MR) is 70.8 cm³/mol. The molecule has 0 saturated heterocycles. The van der Waals surface area contributed by atoms with E-state index in [2.05, 4.69) is 25.9 Å². The molecule has 0 unspecified atom stereocenters. The molecule has 0 saturated carbocycles. The molecule has 0 aliphatic carbocycles. The van der Waals surface area contributed by atoms with Crippen molar-refractivity contribution in [2.45, 2.75) is 13.3 Å². The van der Waals surface area contributed by atoms with E-state index in [0.29, 0.717) is 11.5 Å². The monoisotopic (exact) mass is 307 g/mol. The number of H-pyrrole nitrogens is 1. The number of carboxylic acids is 1. The maximum atomic E-state index is 10.7. The Hall–Kier alpha value is -1.82. The third-order valence-corrected chi connectivity index (χ3v) is 3.40. The average molecular weight is 308 g/mol. The molecule has 0 amide bonds. The number of fused-ring (bicyclic) bond motifs is 3. The van der Waals surface area contributed by atoms with Crippen molar-refractivity contribution in [1.29, 1.82) is 0 Å². The van der Waals surface area contributed by atoms with Crippen molar-refractivity contribution in [3.8, 4) is 0 Å². The lowest BCUT2D eigenvalue weighted by molar-refractivity contribution is -0.136. The zero-order chi connectivity index (χ0) is 12.9. The van der Waals surface area contributed by atoms with Gasteiger partial charge in [0.05, 0.1) is 11.9 Å². The van der Waals surface area contributed by atoms with Crippen molar-refractivity contribution in [3.63, 3.8) is 0 Å². The van der Waals surface area contributed by atoms with Crippen LogP contribution in [-0.2, 0) is 11.2 Å². The van der Waals surface area contributed by atoms with Crippen LogP contribution < -0.4 is 0 Å². The third kappa shape index (κ3) is 1.69. The Labute approximate surface area is 111 Å². The number of carboxylic acid groups (broad SMARTS) is 1. The Bertz CT molecular complexity index is 772. The number of carbonyl (C=O) groups is 1. The van der Waals surface area contributed by atoms with Gasteiger partial charge in [0.1, 0.15) is 5.52 Å². The Morgan fingerprint density at radius 3 is 3.06 bits per heavy atom. The highest BCUT2D eigenvalue weighted by atomic mass is 79.9. The Morgan fingerprint density at radius 1 is 1.56 bits per heavy atom. The van der Waals surface area contributed by atoms with E-state index in [0.717, 1.165) is 21.1 Å². The van der Waals surface area contributed by atoms with Gasteiger partial charge in [-0.3, -0.25) is 9.20 Å². The number of hydrogen-bond acceptors (Lipinski definition) is 2. The van der Waals surface area contributed by atoms with E-state index < -0.39 is 5.97 Å². The third-order valence-electron chi connectivity index (χ3n) is 2.79. The molecule has 3 aromatic rings. The normalized spacial score (nSPS) is 11.4. The highest BCUT2D eigenvalue weighted by Gasteiger charge is 2.12. The average Bonchev–Trinajstić information content (AvgIpc) is 2.75. The van der Waals surface area contributed by atoms with Crippen LogP contribution >= 0.6 is 15.9 Å². The van der Waals surface area contributed by atoms with Gasteiger partial charge in [-0.25, -0.2) is 4.98 Å². The highest BCUT2D eigenvalue weighted by Crippen LogP contribution is 2.26. The van der Waals surface area contributed by atoms with Gasteiger partial charge in [-0.1, -0.05) is 0 Å². The van der Waals surface area contributed by atoms with Crippen LogP contribution in [0.5, 0.6) is 0 Å². The van der Waals surface area contributed by atoms with Crippen LogP contribution in [-0.4, -0.2) is 25.4 Å². The maximum absolute atomic E-state index is 10.7. The second-order valence-corrected chi connectivity index (χ2v) is 5.12. The Balaban J connectivity index is 2.27. The molecule has 92 valence electrons. The minimum Gasteiger partial charge on any atom is -0.481 e. The molecule has 3 rings (SSSR count). The summed E-state index contributed by atoms with van der Waals surface area (Å²) >= 11 is 3.49. The summed E-state index contributed by atoms with van der Waals surface area (Å²) in [7, 11) is 0. The fourth-order valence-electron chi connectivity index (χ4n) is 2.09. The van der Waals surface area contributed by atoms with E-state index in [-0.39, 0.29) is 6.42 Å². The highest BCUT2D eigenvalue weighted by molar-refractivity contribution is 9.10. The second kappa shape index (κ2) is 3.84. The summed E-state index contributed by atoms with van der Waals surface area (Å²) in [4.78, 5) is 18.1. The van der Waals surface area contributed by atoms with Gasteiger partial charge >= 0.3 is 5.97 Å². The van der Waals surface area contributed by atoms with Crippen LogP contribution in [0.4, 0.5) is 0 Å². The first-order valence-corrected chi connectivity index (χ1v) is 6.21. The maximum Gasteiger partial charge on any atom is 0.309 e. The summed E-state index contributed by atoms with van der Waals surface area (Å²) in [5.41, 5.74) is 3.60. The fourth-order valence-corrected chi connectivity index (χ4v) is 2.74. The minimum atomic E-state index is -0.860. The summed E-state index contributed by atoms with van der Waals surface area (Å²) in [5.74, 6) is -0.200. The largest absolute Gasteiger partial charge is 0.481 e. The molecule has 6 heteroatoms. The van der Waals surface area contributed by atoms with E-state index in [9.17, 15) is 4.79 Å². The molecule has 0 atom stereocenters. The van der Waals surface area contributed by atoms with Crippen molar-refractivity contribution in [2.75, 3.05) is 0 Å². The number of imidazole rings is 2. The first-order valence-electron chi connectivity index (χ1n) is 5.42. The summed E-state index contributed by atoms with van der Waals surface area (Å²) in [6, 6.07) is 4.03. The number of benzene rings is 1. The van der Waals surface area contributed by atoms with Crippen LogP contribution in [0.2, 0.25) is 0 Å². The summed E-state index contributed by atoms with van der Waals surface area (Å²) < 4.78 is 2.82. The molecular weight excluding hydrogens is 298 g/mol. The van der Waals surface area contributed by atoms with E-state index >= 15 is 0 Å². The van der Waals surface area contributed by atoms with Crippen molar-refractivity contribution >= 4 is 38.7 Å². The lowest BCUT2D eigenvalue weighted by Crippen LogP contribution is -1.99. The number of nitrogens with one attached hydrogen (secondary N) is 1. The standard InChI is InChI=1S/C12H10BrN3O2/c1-6-2-8(13)11-9(3-6)16-5-7(4-10(17)18)14-12(16)15-11/h2-3,5H,4H2,1H3,(H,14,15)(H,17,18). The number of aryl methyl sites for hydroxylation is 1. The number of halogens is 1. The zero-order valence-electron chi connectivity index (χ0n) is 9.57. The topological polar surface area (TPSA) is 70.4 Å². The SMILES string of the molecule is Cc1cc(Br)c2nc3[nH]c(CC(=O)O)cn3c2c1. The van der Waals surface area contributed by atoms with Gasteiger partial charge in [0.2, 0.25) is 5.78 Å². The van der Waals surface area contributed by atoms with E-state index in [1.54, 1.807) is 6.20 Å². The first kappa shape index (κ1) is 11.3. The molecule has 2 N–H and O–H groups in total. The lowest BCUT2D eigenvalue weighted by atomic mass is 10.2. The molecule has 0 bridgehead atoms. The number of rotatable bonds is 2. The minimum absolute atomic E-state index is 0.0299. The molecule has 0 radical (unpaired) electrons. The molecule has 0 spiro atoms. The fraction of sp³-hybridized carbons (Fsp3) is 0.167. The van der Waals surface area contributed by atoms with Crippen molar-refractivity contribution < 1.29 is 9.90 Å². The quantitative estimate of drug-likeness (QED) is 0.764. The summed E-state index contributed by atoms with van der Waals surface area (Å²) in [6.45, 7) is 2.01. The van der Waals surface area contributed by atoms with Gasteiger partial charge < -0.3 is 10.1 Å². The number of aliphatic carboxylic acids is 1. The van der Waals surface area contributed by atoms with Crippen molar-refractivity contribution in [3.05, 3.63) is 34.1 Å². The molecule has 0 aliphatic heterocycles. The lowest BCUT2D eigenvalue weighted by Gasteiger charge is -1.97. The van der Waals surface area contributed by atoms with Gasteiger partial charge in [-0.05, 0) is 40.5 Å². The van der Waals surface area contributed by atoms with Crippen LogP contribution in [0.1, 0.15) is 11.3 Å². The summed E-state index contributed by atoms with van der Waals surface area (Å²) in [5, 5.41) is 8.77. The van der Waals surface area contributed by atoms with E-state index in [1.165, 1.54) is 0 Å².